The van der Waals surface area contributed by atoms with Crippen molar-refractivity contribution in [2.45, 2.75) is 19.8 Å². The fraction of sp³-hybridized carbons (Fsp3) is 0.643. The van der Waals surface area contributed by atoms with Crippen LogP contribution < -0.4 is 5.32 Å². The maximum Gasteiger partial charge on any atom is 0.273 e. The van der Waals surface area contributed by atoms with Crippen LogP contribution in [-0.2, 0) is 0 Å². The molecule has 0 aliphatic heterocycles. The third-order valence-corrected chi connectivity index (χ3v) is 2.93. The molecular weight excluding hydrogens is 254 g/mol. The molecule has 0 fully saturated rings. The molecule has 0 spiro atoms. The zero-order valence-corrected chi connectivity index (χ0v) is 12.9. The van der Waals surface area contributed by atoms with Gasteiger partial charge in [0.1, 0.15) is 11.5 Å². The molecule has 1 heterocycles. The van der Waals surface area contributed by atoms with Crippen LogP contribution in [0.3, 0.4) is 0 Å². The second-order valence-electron chi connectivity index (χ2n) is 5.10. The van der Waals surface area contributed by atoms with Crippen molar-refractivity contribution < 1.29 is 4.79 Å². The Balaban J connectivity index is 2.50. The Kier molecular flexibility index (Phi) is 6.93. The molecular formula is C14H25N5O. The smallest absolute Gasteiger partial charge is 0.273 e. The molecule has 0 bridgehead atoms. The van der Waals surface area contributed by atoms with Gasteiger partial charge in [0, 0.05) is 26.7 Å². The average molecular weight is 279 g/mol. The number of anilines is 1. The molecule has 20 heavy (non-hydrogen) atoms. The highest BCUT2D eigenvalue weighted by Gasteiger charge is 2.12. The maximum atomic E-state index is 12.1. The van der Waals surface area contributed by atoms with Gasteiger partial charge in [-0.1, -0.05) is 13.3 Å². The highest BCUT2D eigenvalue weighted by atomic mass is 16.2. The highest BCUT2D eigenvalue weighted by molar-refractivity contribution is 5.91. The largest absolute Gasteiger partial charge is 0.368 e. The first-order valence-electron chi connectivity index (χ1n) is 7.00. The van der Waals surface area contributed by atoms with Gasteiger partial charge in [-0.25, -0.2) is 9.97 Å². The molecule has 6 heteroatoms. The van der Waals surface area contributed by atoms with E-state index >= 15 is 0 Å². The van der Waals surface area contributed by atoms with Crippen LogP contribution in [0, 0.1) is 0 Å². The van der Waals surface area contributed by atoms with E-state index in [1.165, 1.54) is 6.20 Å². The summed E-state index contributed by atoms with van der Waals surface area (Å²) in [5.41, 5.74) is 0.391. The summed E-state index contributed by atoms with van der Waals surface area (Å²) >= 11 is 0. The first-order valence-corrected chi connectivity index (χ1v) is 7.00. The lowest BCUT2D eigenvalue weighted by Gasteiger charge is -2.16. The van der Waals surface area contributed by atoms with Crippen molar-refractivity contribution in [1.29, 1.82) is 0 Å². The maximum absolute atomic E-state index is 12.1. The Morgan fingerprint density at radius 1 is 1.20 bits per heavy atom. The molecule has 1 rings (SSSR count). The van der Waals surface area contributed by atoms with Crippen LogP contribution in [0.5, 0.6) is 0 Å². The predicted octanol–water partition coefficient (Wildman–Crippen LogP) is 1.32. The Bertz CT molecular complexity index is 405. The van der Waals surface area contributed by atoms with Crippen molar-refractivity contribution in [3.8, 4) is 0 Å². The number of hydrogen-bond acceptors (Lipinski definition) is 5. The third-order valence-electron chi connectivity index (χ3n) is 2.93. The van der Waals surface area contributed by atoms with Gasteiger partial charge in [0.2, 0.25) is 0 Å². The number of carbonyl (C=O) groups is 1. The lowest BCUT2D eigenvalue weighted by atomic mass is 10.3. The Morgan fingerprint density at radius 3 is 2.50 bits per heavy atom. The molecule has 0 aromatic carbocycles. The highest BCUT2D eigenvalue weighted by Crippen LogP contribution is 2.04. The van der Waals surface area contributed by atoms with Crippen LogP contribution in [0.1, 0.15) is 30.3 Å². The summed E-state index contributed by atoms with van der Waals surface area (Å²) in [6, 6.07) is 0. The summed E-state index contributed by atoms with van der Waals surface area (Å²) < 4.78 is 0. The first kappa shape index (κ1) is 16.4. The minimum Gasteiger partial charge on any atom is -0.368 e. The lowest BCUT2D eigenvalue weighted by molar-refractivity contribution is 0.0787. The van der Waals surface area contributed by atoms with Crippen LogP contribution in [0.25, 0.3) is 0 Å². The minimum absolute atomic E-state index is 0.0780. The number of rotatable bonds is 8. The van der Waals surface area contributed by atoms with Gasteiger partial charge in [-0.05, 0) is 20.5 Å². The van der Waals surface area contributed by atoms with Crippen LogP contribution in [-0.4, -0.2) is 66.5 Å². The molecule has 0 aliphatic rings. The van der Waals surface area contributed by atoms with Gasteiger partial charge in [0.25, 0.3) is 5.91 Å². The second kappa shape index (κ2) is 8.47. The first-order chi connectivity index (χ1) is 9.54. The summed E-state index contributed by atoms with van der Waals surface area (Å²) in [6.45, 7) is 4.57. The monoisotopic (exact) mass is 279 g/mol. The molecule has 1 aromatic rings. The topological polar surface area (TPSA) is 61.4 Å². The number of aromatic nitrogens is 2. The molecule has 0 unspecified atom stereocenters. The Hall–Kier alpha value is -1.69. The number of likely N-dealkylation sites (N-methyl/N-ethyl adjacent to an activating group) is 1. The summed E-state index contributed by atoms with van der Waals surface area (Å²) in [7, 11) is 5.82. The number of amides is 1. The Morgan fingerprint density at radius 2 is 1.95 bits per heavy atom. The second-order valence-corrected chi connectivity index (χ2v) is 5.10. The fourth-order valence-corrected chi connectivity index (χ4v) is 1.63. The van der Waals surface area contributed by atoms with E-state index < -0.39 is 0 Å². The van der Waals surface area contributed by atoms with Gasteiger partial charge in [-0.2, -0.15) is 0 Å². The number of carbonyl (C=O) groups excluding carboxylic acids is 1. The normalized spacial score (nSPS) is 10.7. The summed E-state index contributed by atoms with van der Waals surface area (Å²) in [6.07, 6.45) is 5.21. The van der Waals surface area contributed by atoms with Crippen molar-refractivity contribution >= 4 is 11.7 Å². The molecule has 1 N–H and O–H groups in total. The van der Waals surface area contributed by atoms with Crippen molar-refractivity contribution in [3.05, 3.63) is 18.1 Å². The number of nitrogens with zero attached hydrogens (tertiary/aromatic N) is 4. The van der Waals surface area contributed by atoms with Gasteiger partial charge < -0.3 is 15.1 Å². The van der Waals surface area contributed by atoms with Gasteiger partial charge in [-0.3, -0.25) is 4.79 Å². The lowest BCUT2D eigenvalue weighted by Crippen LogP contribution is -2.28. The molecule has 1 aromatic heterocycles. The van der Waals surface area contributed by atoms with Crippen LogP contribution in [0.2, 0.25) is 0 Å². The molecule has 6 nitrogen and oxygen atoms in total. The molecule has 0 atom stereocenters. The Labute approximate surface area is 121 Å². The van der Waals surface area contributed by atoms with E-state index in [-0.39, 0.29) is 5.91 Å². The molecule has 1 amide bonds. The summed E-state index contributed by atoms with van der Waals surface area (Å²) in [4.78, 5) is 24.2. The SMILES string of the molecule is CCCCN(C)C(=O)c1cnc(NCCN(C)C)cn1. The zero-order chi connectivity index (χ0) is 15.0. The van der Waals surface area contributed by atoms with Gasteiger partial charge in [0.15, 0.2) is 0 Å². The van der Waals surface area contributed by atoms with Crippen LogP contribution in [0.15, 0.2) is 12.4 Å². The van der Waals surface area contributed by atoms with E-state index in [1.807, 2.05) is 14.1 Å². The van der Waals surface area contributed by atoms with Crippen LogP contribution >= 0.6 is 0 Å². The van der Waals surface area contributed by atoms with E-state index in [1.54, 1.807) is 18.1 Å². The standard InChI is InChI=1S/C14H25N5O/c1-5-6-8-19(4)14(20)12-10-17-13(11-16-12)15-7-9-18(2)3/h10-11H,5-9H2,1-4H3,(H,15,17). The van der Waals surface area contributed by atoms with E-state index in [4.69, 9.17) is 0 Å². The van der Waals surface area contributed by atoms with Crippen molar-refractivity contribution in [2.24, 2.45) is 0 Å². The summed E-state index contributed by atoms with van der Waals surface area (Å²) in [5.74, 6) is 0.616. The van der Waals surface area contributed by atoms with E-state index in [2.05, 4.69) is 27.1 Å². The van der Waals surface area contributed by atoms with Gasteiger partial charge in [0.05, 0.1) is 12.4 Å². The summed E-state index contributed by atoms with van der Waals surface area (Å²) in [5, 5.41) is 3.17. The molecule has 0 saturated carbocycles. The van der Waals surface area contributed by atoms with E-state index in [9.17, 15) is 4.79 Å². The van der Waals surface area contributed by atoms with Crippen molar-refractivity contribution in [1.82, 2.24) is 19.8 Å². The molecule has 0 saturated heterocycles. The van der Waals surface area contributed by atoms with E-state index in [0.717, 1.165) is 32.5 Å². The van der Waals surface area contributed by atoms with Crippen molar-refractivity contribution in [3.63, 3.8) is 0 Å². The quantitative estimate of drug-likeness (QED) is 0.777. The molecule has 0 radical (unpaired) electrons. The third kappa shape index (κ3) is 5.52. The zero-order valence-electron chi connectivity index (χ0n) is 12.9. The predicted molar refractivity (Wildman–Crippen MR) is 80.9 cm³/mol. The van der Waals surface area contributed by atoms with Gasteiger partial charge in [-0.15, -0.1) is 0 Å². The van der Waals surface area contributed by atoms with E-state index in [0.29, 0.717) is 11.5 Å². The average Bonchev–Trinajstić information content (AvgIpc) is 2.44. The minimum atomic E-state index is -0.0780. The fourth-order valence-electron chi connectivity index (χ4n) is 1.63. The molecule has 0 aliphatic carbocycles. The van der Waals surface area contributed by atoms with Crippen molar-refractivity contribution in [2.75, 3.05) is 46.1 Å². The van der Waals surface area contributed by atoms with Gasteiger partial charge >= 0.3 is 0 Å². The number of unbranched alkanes of at least 4 members (excludes halogenated alkanes) is 1. The molecule has 112 valence electrons. The number of nitrogens with one attached hydrogen (secondary N) is 1. The van der Waals surface area contributed by atoms with Crippen LogP contribution in [0.4, 0.5) is 5.82 Å². The number of hydrogen-bond donors (Lipinski definition) is 1.